The summed E-state index contributed by atoms with van der Waals surface area (Å²) in [5, 5.41) is 4.21. The number of rotatable bonds is 1. The molecule has 2 aromatic carbocycles. The third-order valence-corrected chi connectivity index (χ3v) is 5.49. The first-order chi connectivity index (χ1) is 11.4. The Labute approximate surface area is 156 Å². The monoisotopic (exact) mass is 402 g/mol. The van der Waals surface area contributed by atoms with Crippen molar-refractivity contribution in [3.05, 3.63) is 57.6 Å². The van der Waals surface area contributed by atoms with Crippen molar-refractivity contribution in [2.75, 3.05) is 4.90 Å². The summed E-state index contributed by atoms with van der Waals surface area (Å²) in [6, 6.07) is 12.8. The fourth-order valence-electron chi connectivity index (χ4n) is 3.82. The highest BCUT2D eigenvalue weighted by atomic mass is 79.9. The van der Waals surface area contributed by atoms with E-state index >= 15 is 0 Å². The molecule has 0 unspecified atom stereocenters. The van der Waals surface area contributed by atoms with Gasteiger partial charge in [-0.1, -0.05) is 22.0 Å². The second kappa shape index (κ2) is 5.46. The van der Waals surface area contributed by atoms with Gasteiger partial charge in [-0.3, -0.25) is 4.90 Å². The Kier molecular flexibility index (Phi) is 3.62. The van der Waals surface area contributed by atoms with E-state index in [-0.39, 0.29) is 6.04 Å². The van der Waals surface area contributed by atoms with Crippen LogP contribution < -0.4 is 15.0 Å². The van der Waals surface area contributed by atoms with Crippen molar-refractivity contribution in [2.24, 2.45) is 0 Å². The molecule has 2 bridgehead atoms. The number of anilines is 1. The van der Waals surface area contributed by atoms with Crippen LogP contribution in [0.2, 0.25) is 0 Å². The summed E-state index contributed by atoms with van der Waals surface area (Å²) in [4.78, 5) is 2.11. The minimum atomic E-state index is -0.492. The van der Waals surface area contributed by atoms with E-state index in [1.165, 1.54) is 11.1 Å². The predicted molar refractivity (Wildman–Crippen MR) is 105 cm³/mol. The lowest BCUT2D eigenvalue weighted by Gasteiger charge is -2.52. The Balaban J connectivity index is 1.82. The van der Waals surface area contributed by atoms with Gasteiger partial charge in [-0.2, -0.15) is 0 Å². The minimum absolute atomic E-state index is 0.172. The van der Waals surface area contributed by atoms with E-state index in [0.29, 0.717) is 5.11 Å². The number of thiocarbonyl (C=S) groups is 1. The molecule has 0 aliphatic carbocycles. The molecule has 0 amide bonds. The standard InChI is InChI=1S/C19H19BrN2OS/c1-11-6-12(2)8-14(7-11)22-18(24)21-16-10-19(22,3)23-17-5-4-13(20)9-15(16)17/h4-9,16H,10H2,1-3H3,(H,21,24)/t16-,19+/m0/s1. The zero-order valence-corrected chi connectivity index (χ0v) is 16.3. The van der Waals surface area contributed by atoms with Crippen molar-refractivity contribution >= 4 is 38.9 Å². The first-order valence-corrected chi connectivity index (χ1v) is 9.23. The molecule has 1 fully saturated rings. The molecule has 0 aromatic heterocycles. The summed E-state index contributed by atoms with van der Waals surface area (Å²) >= 11 is 9.25. The maximum atomic E-state index is 6.44. The van der Waals surface area contributed by atoms with Crippen molar-refractivity contribution in [3.63, 3.8) is 0 Å². The van der Waals surface area contributed by atoms with Crippen LogP contribution in [0.3, 0.4) is 0 Å². The fraction of sp³-hybridized carbons (Fsp3) is 0.316. The fourth-order valence-corrected chi connectivity index (χ4v) is 4.64. The van der Waals surface area contributed by atoms with E-state index in [4.69, 9.17) is 17.0 Å². The third kappa shape index (κ3) is 2.50. The Morgan fingerprint density at radius 1 is 1.21 bits per heavy atom. The molecule has 124 valence electrons. The Morgan fingerprint density at radius 2 is 1.92 bits per heavy atom. The summed E-state index contributed by atoms with van der Waals surface area (Å²) in [5.41, 5.74) is 4.18. The highest BCUT2D eigenvalue weighted by molar-refractivity contribution is 9.10. The summed E-state index contributed by atoms with van der Waals surface area (Å²) in [6.07, 6.45) is 0.837. The van der Waals surface area contributed by atoms with Crippen LogP contribution in [0.15, 0.2) is 40.9 Å². The molecule has 2 aromatic rings. The first-order valence-electron chi connectivity index (χ1n) is 8.03. The summed E-state index contributed by atoms with van der Waals surface area (Å²) in [7, 11) is 0. The molecule has 5 heteroatoms. The molecule has 0 radical (unpaired) electrons. The van der Waals surface area contributed by atoms with E-state index < -0.39 is 5.72 Å². The van der Waals surface area contributed by atoms with Gasteiger partial charge in [0.1, 0.15) is 5.75 Å². The molecule has 2 aliphatic heterocycles. The van der Waals surface area contributed by atoms with E-state index in [0.717, 1.165) is 27.9 Å². The average molecular weight is 403 g/mol. The number of ether oxygens (including phenoxy) is 1. The number of nitrogens with one attached hydrogen (secondary N) is 1. The van der Waals surface area contributed by atoms with Crippen molar-refractivity contribution in [2.45, 2.75) is 39.0 Å². The van der Waals surface area contributed by atoms with Gasteiger partial charge in [0.05, 0.1) is 6.04 Å². The lowest BCUT2D eigenvalue weighted by Crippen LogP contribution is -2.65. The zero-order valence-electron chi connectivity index (χ0n) is 13.9. The lowest BCUT2D eigenvalue weighted by atomic mass is 9.90. The second-order valence-corrected chi connectivity index (χ2v) is 8.15. The highest BCUT2D eigenvalue weighted by Crippen LogP contribution is 2.46. The maximum Gasteiger partial charge on any atom is 0.188 e. The molecule has 4 rings (SSSR count). The van der Waals surface area contributed by atoms with Crippen LogP contribution in [0.5, 0.6) is 5.75 Å². The van der Waals surface area contributed by atoms with E-state index in [1.807, 2.05) is 12.1 Å². The van der Waals surface area contributed by atoms with Gasteiger partial charge in [-0.25, -0.2) is 0 Å². The van der Waals surface area contributed by atoms with E-state index in [9.17, 15) is 0 Å². The van der Waals surface area contributed by atoms with E-state index in [1.54, 1.807) is 0 Å². The number of aryl methyl sites for hydroxylation is 2. The van der Waals surface area contributed by atoms with Crippen LogP contribution in [0, 0.1) is 13.8 Å². The topological polar surface area (TPSA) is 24.5 Å². The largest absolute Gasteiger partial charge is 0.467 e. The molecular weight excluding hydrogens is 384 g/mol. The third-order valence-electron chi connectivity index (χ3n) is 4.70. The quantitative estimate of drug-likeness (QED) is 0.678. The van der Waals surface area contributed by atoms with Crippen molar-refractivity contribution in [3.8, 4) is 5.75 Å². The summed E-state index contributed by atoms with van der Waals surface area (Å²) in [6.45, 7) is 6.34. The van der Waals surface area contributed by atoms with Crippen LogP contribution in [0.25, 0.3) is 0 Å². The van der Waals surface area contributed by atoms with Crippen molar-refractivity contribution < 1.29 is 4.74 Å². The second-order valence-electron chi connectivity index (χ2n) is 6.85. The SMILES string of the molecule is Cc1cc(C)cc(N2C(=S)N[C@H]3C[C@@]2(C)Oc2ccc(Br)cc23)c1. The zero-order chi connectivity index (χ0) is 17.1. The molecule has 1 saturated heterocycles. The molecule has 2 heterocycles. The van der Waals surface area contributed by atoms with Gasteiger partial charge in [0.15, 0.2) is 10.8 Å². The molecule has 1 N–H and O–H groups in total. The number of hydrogen-bond acceptors (Lipinski definition) is 2. The lowest BCUT2D eigenvalue weighted by molar-refractivity contribution is 0.0497. The van der Waals surface area contributed by atoms with Crippen LogP contribution >= 0.6 is 28.1 Å². The van der Waals surface area contributed by atoms with Gasteiger partial charge < -0.3 is 10.1 Å². The average Bonchev–Trinajstić information content (AvgIpc) is 2.46. The summed E-state index contributed by atoms with van der Waals surface area (Å²) < 4.78 is 7.49. The van der Waals surface area contributed by atoms with Crippen LogP contribution in [-0.2, 0) is 0 Å². The van der Waals surface area contributed by atoms with Crippen LogP contribution in [0.1, 0.15) is 36.1 Å². The minimum Gasteiger partial charge on any atom is -0.467 e. The number of halogens is 1. The molecule has 2 aliphatic rings. The first kappa shape index (κ1) is 15.9. The van der Waals surface area contributed by atoms with E-state index in [2.05, 4.69) is 71.2 Å². The van der Waals surface area contributed by atoms with Gasteiger partial charge in [0.25, 0.3) is 0 Å². The van der Waals surface area contributed by atoms with Crippen LogP contribution in [-0.4, -0.2) is 10.8 Å². The Morgan fingerprint density at radius 3 is 2.62 bits per heavy atom. The van der Waals surface area contributed by atoms with Crippen molar-refractivity contribution in [1.29, 1.82) is 0 Å². The molecule has 24 heavy (non-hydrogen) atoms. The number of nitrogens with zero attached hydrogens (tertiary/aromatic N) is 1. The van der Waals surface area contributed by atoms with Gasteiger partial charge >= 0.3 is 0 Å². The smallest absolute Gasteiger partial charge is 0.188 e. The van der Waals surface area contributed by atoms with Gasteiger partial charge in [0, 0.05) is 22.1 Å². The summed E-state index contributed by atoms with van der Waals surface area (Å²) in [5.74, 6) is 0.918. The predicted octanol–water partition coefficient (Wildman–Crippen LogP) is 5.00. The molecule has 0 spiro atoms. The normalized spacial score (nSPS) is 24.9. The number of hydrogen-bond donors (Lipinski definition) is 1. The van der Waals surface area contributed by atoms with Gasteiger partial charge in [-0.15, -0.1) is 0 Å². The molecule has 2 atom stereocenters. The number of fused-ring (bicyclic) bond motifs is 4. The van der Waals surface area contributed by atoms with Crippen molar-refractivity contribution in [1.82, 2.24) is 5.32 Å². The molecule has 3 nitrogen and oxygen atoms in total. The maximum absolute atomic E-state index is 6.44. The van der Waals surface area contributed by atoms with Gasteiger partial charge in [-0.05, 0) is 74.4 Å². The molecular formula is C19H19BrN2OS. The van der Waals surface area contributed by atoms with Gasteiger partial charge in [0.2, 0.25) is 0 Å². The molecule has 0 saturated carbocycles. The number of benzene rings is 2. The highest BCUT2D eigenvalue weighted by Gasteiger charge is 2.48. The Hall–Kier alpha value is -1.59. The Bertz CT molecular complexity index is 833. The van der Waals surface area contributed by atoms with Crippen LogP contribution in [0.4, 0.5) is 5.69 Å².